The average molecular weight is 415 g/mol. The van der Waals surface area contributed by atoms with E-state index >= 15 is 0 Å². The van der Waals surface area contributed by atoms with Crippen LogP contribution in [-0.2, 0) is 9.59 Å². The van der Waals surface area contributed by atoms with Crippen molar-refractivity contribution in [3.63, 3.8) is 0 Å². The van der Waals surface area contributed by atoms with Gasteiger partial charge in [0.2, 0.25) is 5.91 Å². The Morgan fingerprint density at radius 2 is 1.45 bits per heavy atom. The summed E-state index contributed by atoms with van der Waals surface area (Å²) in [6.07, 6.45) is 1.30. The second-order valence-corrected chi connectivity index (χ2v) is 7.66. The number of piperidine rings is 1. The van der Waals surface area contributed by atoms with Gasteiger partial charge >= 0.3 is 0 Å². The van der Waals surface area contributed by atoms with Crippen LogP contribution in [0.5, 0.6) is 5.75 Å². The van der Waals surface area contributed by atoms with Gasteiger partial charge < -0.3 is 15.0 Å². The highest BCUT2D eigenvalue weighted by atomic mass is 16.5. The van der Waals surface area contributed by atoms with Crippen molar-refractivity contribution < 1.29 is 14.3 Å². The van der Waals surface area contributed by atoms with Gasteiger partial charge in [-0.1, -0.05) is 66.7 Å². The Hall–Kier alpha value is -3.60. The molecule has 158 valence electrons. The molecule has 1 heterocycles. The summed E-state index contributed by atoms with van der Waals surface area (Å²) in [5.74, 6) is 0.540. The number of benzene rings is 3. The standard InChI is InChI=1S/C26H26N2O3/c29-25(19-31-22-11-5-2-6-12-22)28-17-15-21(16-18-28)26(30)27-24-14-8-7-13-23(24)20-9-3-1-4-10-20/h1-14,21H,15-19H2,(H,27,30). The van der Waals surface area contributed by atoms with Gasteiger partial charge in [0, 0.05) is 30.3 Å². The van der Waals surface area contributed by atoms with Crippen molar-refractivity contribution in [3.05, 3.63) is 84.9 Å². The van der Waals surface area contributed by atoms with E-state index in [1.807, 2.05) is 84.9 Å². The van der Waals surface area contributed by atoms with E-state index in [1.165, 1.54) is 0 Å². The number of anilines is 1. The molecule has 0 radical (unpaired) electrons. The number of nitrogens with zero attached hydrogens (tertiary/aromatic N) is 1. The van der Waals surface area contributed by atoms with Gasteiger partial charge in [0.1, 0.15) is 5.75 Å². The molecule has 2 amide bonds. The van der Waals surface area contributed by atoms with Crippen molar-refractivity contribution in [3.8, 4) is 16.9 Å². The minimum atomic E-state index is -0.108. The van der Waals surface area contributed by atoms with Gasteiger partial charge in [0.05, 0.1) is 0 Å². The third kappa shape index (κ3) is 5.31. The number of hydrogen-bond acceptors (Lipinski definition) is 3. The quantitative estimate of drug-likeness (QED) is 0.641. The van der Waals surface area contributed by atoms with Crippen molar-refractivity contribution in [2.45, 2.75) is 12.8 Å². The molecule has 3 aromatic carbocycles. The fourth-order valence-electron chi connectivity index (χ4n) is 3.84. The van der Waals surface area contributed by atoms with Gasteiger partial charge in [0.15, 0.2) is 6.61 Å². The minimum absolute atomic E-state index is 0.0102. The molecular weight excluding hydrogens is 388 g/mol. The Kier molecular flexibility index (Phi) is 6.62. The lowest BCUT2D eigenvalue weighted by atomic mass is 9.95. The van der Waals surface area contributed by atoms with E-state index in [0.717, 1.165) is 16.8 Å². The number of amides is 2. The summed E-state index contributed by atoms with van der Waals surface area (Å²) in [4.78, 5) is 27.1. The number of nitrogens with one attached hydrogen (secondary N) is 1. The van der Waals surface area contributed by atoms with Crippen LogP contribution in [0.4, 0.5) is 5.69 Å². The summed E-state index contributed by atoms with van der Waals surface area (Å²) >= 11 is 0. The van der Waals surface area contributed by atoms with E-state index < -0.39 is 0 Å². The molecule has 31 heavy (non-hydrogen) atoms. The van der Waals surface area contributed by atoms with Gasteiger partial charge in [-0.15, -0.1) is 0 Å². The van der Waals surface area contributed by atoms with Crippen molar-refractivity contribution in [2.75, 3.05) is 25.0 Å². The zero-order valence-corrected chi connectivity index (χ0v) is 17.4. The maximum absolute atomic E-state index is 12.9. The first-order valence-corrected chi connectivity index (χ1v) is 10.6. The lowest BCUT2D eigenvalue weighted by molar-refractivity contribution is -0.136. The van der Waals surface area contributed by atoms with Crippen LogP contribution in [0.15, 0.2) is 84.9 Å². The molecule has 0 aromatic heterocycles. The van der Waals surface area contributed by atoms with E-state index in [4.69, 9.17) is 4.74 Å². The number of rotatable bonds is 6. The zero-order valence-electron chi connectivity index (χ0n) is 17.4. The highest BCUT2D eigenvalue weighted by Gasteiger charge is 2.28. The molecule has 5 nitrogen and oxygen atoms in total. The predicted octanol–water partition coefficient (Wildman–Crippen LogP) is 4.61. The van der Waals surface area contributed by atoms with Gasteiger partial charge in [-0.25, -0.2) is 0 Å². The Morgan fingerprint density at radius 3 is 2.16 bits per heavy atom. The lowest BCUT2D eigenvalue weighted by Gasteiger charge is -2.31. The molecule has 0 bridgehead atoms. The SMILES string of the molecule is O=C(Nc1ccccc1-c1ccccc1)C1CCN(C(=O)COc2ccccc2)CC1. The van der Waals surface area contributed by atoms with Gasteiger partial charge in [0.25, 0.3) is 5.91 Å². The van der Waals surface area contributed by atoms with Gasteiger partial charge in [-0.3, -0.25) is 9.59 Å². The first-order chi connectivity index (χ1) is 15.2. The second kappa shape index (κ2) is 9.94. The van der Waals surface area contributed by atoms with Crippen LogP contribution in [0.1, 0.15) is 12.8 Å². The smallest absolute Gasteiger partial charge is 0.260 e. The normalized spacial score (nSPS) is 14.1. The number of para-hydroxylation sites is 2. The largest absolute Gasteiger partial charge is 0.484 e. The van der Waals surface area contributed by atoms with E-state index in [9.17, 15) is 9.59 Å². The van der Waals surface area contributed by atoms with Crippen molar-refractivity contribution in [2.24, 2.45) is 5.92 Å². The minimum Gasteiger partial charge on any atom is -0.484 e. The molecule has 4 rings (SSSR count). The van der Waals surface area contributed by atoms with Crippen LogP contribution in [0.2, 0.25) is 0 Å². The van der Waals surface area contributed by atoms with E-state index in [2.05, 4.69) is 5.32 Å². The number of carbonyl (C=O) groups is 2. The topological polar surface area (TPSA) is 58.6 Å². The maximum Gasteiger partial charge on any atom is 0.260 e. The molecule has 1 saturated heterocycles. The molecule has 1 N–H and O–H groups in total. The van der Waals surface area contributed by atoms with E-state index in [-0.39, 0.29) is 24.3 Å². The molecule has 0 atom stereocenters. The summed E-state index contributed by atoms with van der Waals surface area (Å²) in [6.45, 7) is 1.15. The number of likely N-dealkylation sites (tertiary alicyclic amines) is 1. The molecule has 5 heteroatoms. The molecule has 0 aliphatic carbocycles. The van der Waals surface area contributed by atoms with E-state index in [1.54, 1.807) is 4.90 Å². The Labute approximate surface area is 182 Å². The first-order valence-electron chi connectivity index (χ1n) is 10.6. The summed E-state index contributed by atoms with van der Waals surface area (Å²) in [5, 5.41) is 3.10. The maximum atomic E-state index is 12.9. The summed E-state index contributed by atoms with van der Waals surface area (Å²) in [7, 11) is 0. The zero-order chi connectivity index (χ0) is 21.5. The lowest BCUT2D eigenvalue weighted by Crippen LogP contribution is -2.43. The third-order valence-electron chi connectivity index (χ3n) is 5.59. The fraction of sp³-hybridized carbons (Fsp3) is 0.231. The number of ether oxygens (including phenoxy) is 1. The molecule has 0 spiro atoms. The van der Waals surface area contributed by atoms with Crippen LogP contribution < -0.4 is 10.1 Å². The molecule has 0 saturated carbocycles. The van der Waals surface area contributed by atoms with Crippen LogP contribution in [0.25, 0.3) is 11.1 Å². The molecule has 3 aromatic rings. The van der Waals surface area contributed by atoms with Crippen molar-refractivity contribution >= 4 is 17.5 Å². The average Bonchev–Trinajstić information content (AvgIpc) is 2.84. The predicted molar refractivity (Wildman–Crippen MR) is 122 cm³/mol. The molecular formula is C26H26N2O3. The number of hydrogen-bond donors (Lipinski definition) is 1. The second-order valence-electron chi connectivity index (χ2n) is 7.66. The van der Waals surface area contributed by atoms with E-state index in [0.29, 0.717) is 31.7 Å². The molecule has 1 aliphatic heterocycles. The Bertz CT molecular complexity index is 1010. The Balaban J connectivity index is 1.31. The fourth-order valence-corrected chi connectivity index (χ4v) is 3.84. The van der Waals surface area contributed by atoms with Crippen molar-refractivity contribution in [1.82, 2.24) is 4.90 Å². The molecule has 1 aliphatic rings. The highest BCUT2D eigenvalue weighted by Crippen LogP contribution is 2.29. The van der Waals surface area contributed by atoms with Gasteiger partial charge in [-0.05, 0) is 36.6 Å². The molecule has 0 unspecified atom stereocenters. The van der Waals surface area contributed by atoms with Crippen molar-refractivity contribution in [1.29, 1.82) is 0 Å². The Morgan fingerprint density at radius 1 is 0.839 bits per heavy atom. The highest BCUT2D eigenvalue weighted by molar-refractivity contribution is 5.97. The first kappa shape index (κ1) is 20.7. The van der Waals surface area contributed by atoms with Crippen LogP contribution in [0, 0.1) is 5.92 Å². The van der Waals surface area contributed by atoms with Crippen LogP contribution >= 0.6 is 0 Å². The third-order valence-corrected chi connectivity index (χ3v) is 5.59. The van der Waals surface area contributed by atoms with Crippen LogP contribution in [-0.4, -0.2) is 36.4 Å². The summed E-state index contributed by atoms with van der Waals surface area (Å²) < 4.78 is 5.56. The van der Waals surface area contributed by atoms with Crippen LogP contribution in [0.3, 0.4) is 0 Å². The monoisotopic (exact) mass is 414 g/mol. The van der Waals surface area contributed by atoms with Gasteiger partial charge in [-0.2, -0.15) is 0 Å². The molecule has 1 fully saturated rings. The summed E-state index contributed by atoms with van der Waals surface area (Å²) in [5.41, 5.74) is 2.88. The number of carbonyl (C=O) groups excluding carboxylic acids is 2. The summed E-state index contributed by atoms with van der Waals surface area (Å²) in [6, 6.07) is 27.2.